The van der Waals surface area contributed by atoms with Crippen LogP contribution in [-0.4, -0.2) is 33.7 Å². The topological polar surface area (TPSA) is 105 Å². The van der Waals surface area contributed by atoms with Gasteiger partial charge in [0, 0.05) is 28.7 Å². The fourth-order valence-electron chi connectivity index (χ4n) is 4.28. The lowest BCUT2D eigenvalue weighted by molar-refractivity contribution is -0.137. The molecular formula is C25H19F3N4O4. The molecule has 0 bridgehead atoms. The molecule has 3 heterocycles. The number of imide groups is 1. The zero-order valence-corrected chi connectivity index (χ0v) is 18.8. The van der Waals surface area contributed by atoms with Crippen LogP contribution >= 0.6 is 0 Å². The minimum Gasteiger partial charge on any atom is -0.497 e. The van der Waals surface area contributed by atoms with Crippen LogP contribution in [0.3, 0.4) is 0 Å². The number of pyridine rings is 1. The highest BCUT2D eigenvalue weighted by molar-refractivity contribution is 6.07. The maximum atomic E-state index is 13.0. The summed E-state index contributed by atoms with van der Waals surface area (Å²) in [6.07, 6.45) is -2.08. The van der Waals surface area contributed by atoms with Crippen molar-refractivity contribution in [1.29, 1.82) is 0 Å². The summed E-state index contributed by atoms with van der Waals surface area (Å²) in [7, 11) is 1.51. The van der Waals surface area contributed by atoms with E-state index in [1.54, 1.807) is 48.7 Å². The van der Waals surface area contributed by atoms with Crippen molar-refractivity contribution in [1.82, 2.24) is 20.2 Å². The Bertz CT molecular complexity index is 1480. The van der Waals surface area contributed by atoms with Gasteiger partial charge < -0.3 is 19.7 Å². The Morgan fingerprint density at radius 2 is 1.83 bits per heavy atom. The number of urea groups is 1. The van der Waals surface area contributed by atoms with Gasteiger partial charge in [0.15, 0.2) is 11.4 Å². The Labute approximate surface area is 202 Å². The van der Waals surface area contributed by atoms with E-state index in [1.807, 2.05) is 0 Å². The Morgan fingerprint density at radius 1 is 1.08 bits per heavy atom. The number of fused-ring (bicyclic) bond motifs is 1. The Morgan fingerprint density at radius 3 is 2.42 bits per heavy atom. The molecule has 184 valence electrons. The third-order valence-corrected chi connectivity index (χ3v) is 6.18. The first-order valence-corrected chi connectivity index (χ1v) is 10.7. The van der Waals surface area contributed by atoms with Crippen molar-refractivity contribution in [3.63, 3.8) is 0 Å². The fraction of sp³-hybridized carbons (Fsp3) is 0.160. The third kappa shape index (κ3) is 3.88. The van der Waals surface area contributed by atoms with E-state index in [2.05, 4.69) is 15.6 Å². The van der Waals surface area contributed by atoms with Crippen molar-refractivity contribution in [2.75, 3.05) is 7.11 Å². The summed E-state index contributed by atoms with van der Waals surface area (Å²) in [5, 5.41) is 17.0. The minimum absolute atomic E-state index is 0.109. The van der Waals surface area contributed by atoms with Crippen molar-refractivity contribution in [2.45, 2.75) is 18.3 Å². The van der Waals surface area contributed by atoms with Gasteiger partial charge in [0.1, 0.15) is 5.75 Å². The van der Waals surface area contributed by atoms with E-state index >= 15 is 0 Å². The van der Waals surface area contributed by atoms with Crippen molar-refractivity contribution >= 4 is 22.7 Å². The van der Waals surface area contributed by atoms with Crippen molar-refractivity contribution < 1.29 is 32.6 Å². The van der Waals surface area contributed by atoms with Gasteiger partial charge >= 0.3 is 12.2 Å². The number of aromatic hydroxyl groups is 1. The quantitative estimate of drug-likeness (QED) is 0.360. The molecule has 0 radical (unpaired) electrons. The first kappa shape index (κ1) is 23.2. The summed E-state index contributed by atoms with van der Waals surface area (Å²) in [5.41, 5.74) is -1.15. The number of rotatable bonds is 5. The number of amides is 3. The molecule has 1 fully saturated rings. The molecule has 3 N–H and O–H groups in total. The van der Waals surface area contributed by atoms with Crippen molar-refractivity contribution in [3.05, 3.63) is 78.1 Å². The van der Waals surface area contributed by atoms with Crippen molar-refractivity contribution in [2.24, 2.45) is 0 Å². The number of ether oxygens (including phenoxy) is 1. The molecule has 1 saturated heterocycles. The summed E-state index contributed by atoms with van der Waals surface area (Å²) in [4.78, 5) is 29.0. The van der Waals surface area contributed by atoms with Crippen LogP contribution in [-0.2, 0) is 23.1 Å². The highest BCUT2D eigenvalue weighted by Crippen LogP contribution is 2.36. The van der Waals surface area contributed by atoms with Gasteiger partial charge in [0.2, 0.25) is 0 Å². The second-order valence-electron chi connectivity index (χ2n) is 8.35. The van der Waals surface area contributed by atoms with Crippen LogP contribution < -0.4 is 15.4 Å². The zero-order valence-electron chi connectivity index (χ0n) is 18.8. The van der Waals surface area contributed by atoms with Gasteiger partial charge in [-0.3, -0.25) is 15.1 Å². The summed E-state index contributed by atoms with van der Waals surface area (Å²) in [6.45, 7) is -0.120. The van der Waals surface area contributed by atoms with Crippen LogP contribution in [0.4, 0.5) is 18.0 Å². The highest BCUT2D eigenvalue weighted by atomic mass is 19.4. The number of aromatic nitrogens is 2. The van der Waals surface area contributed by atoms with E-state index in [1.165, 1.54) is 17.7 Å². The Hall–Kier alpha value is -4.54. The lowest BCUT2D eigenvalue weighted by atomic mass is 9.88. The molecule has 4 aromatic rings. The standard InChI is InChI=1S/C25H19F3N4O4/c1-36-18-8-4-15-12-32(21(33)19(15)10-18)13-24(22(34)30-23(35)31-24)16-5-2-14(3-6-16)20-9-7-17(11-29-20)25(26,27)28/h2-12,33H,13H2,1H3,(H2,30,31,34,35)/t24-/m0/s1. The van der Waals surface area contributed by atoms with E-state index in [0.717, 1.165) is 12.3 Å². The molecule has 3 amide bonds. The molecule has 1 atom stereocenters. The maximum Gasteiger partial charge on any atom is 0.417 e. The molecule has 5 rings (SSSR count). The Balaban J connectivity index is 1.51. The second kappa shape index (κ2) is 8.29. The smallest absolute Gasteiger partial charge is 0.417 e. The highest BCUT2D eigenvalue weighted by Gasteiger charge is 2.48. The van der Waals surface area contributed by atoms with E-state index in [-0.39, 0.29) is 12.4 Å². The monoisotopic (exact) mass is 496 g/mol. The minimum atomic E-state index is -4.49. The van der Waals surface area contributed by atoms with Crippen LogP contribution in [0.2, 0.25) is 0 Å². The Kier molecular flexibility index (Phi) is 5.35. The number of hydrogen-bond acceptors (Lipinski definition) is 5. The molecule has 0 spiro atoms. The molecule has 8 nitrogen and oxygen atoms in total. The van der Waals surface area contributed by atoms with Gasteiger partial charge in [-0.25, -0.2) is 4.79 Å². The van der Waals surface area contributed by atoms with Gasteiger partial charge in [0.25, 0.3) is 5.91 Å². The van der Waals surface area contributed by atoms with Crippen LogP contribution in [0.25, 0.3) is 22.0 Å². The van der Waals surface area contributed by atoms with E-state index in [0.29, 0.717) is 33.3 Å². The first-order valence-electron chi connectivity index (χ1n) is 10.7. The molecule has 0 unspecified atom stereocenters. The van der Waals surface area contributed by atoms with E-state index in [4.69, 9.17) is 4.74 Å². The zero-order chi connectivity index (χ0) is 25.7. The third-order valence-electron chi connectivity index (χ3n) is 6.18. The van der Waals surface area contributed by atoms with Gasteiger partial charge in [-0.15, -0.1) is 0 Å². The lowest BCUT2D eigenvalue weighted by Gasteiger charge is -2.27. The van der Waals surface area contributed by atoms with Gasteiger partial charge in [-0.05, 0) is 35.9 Å². The van der Waals surface area contributed by atoms with Crippen LogP contribution in [0, 0.1) is 0 Å². The molecular weight excluding hydrogens is 477 g/mol. The fourth-order valence-corrected chi connectivity index (χ4v) is 4.28. The number of alkyl halides is 3. The van der Waals surface area contributed by atoms with Gasteiger partial charge in [0.05, 0.1) is 24.9 Å². The van der Waals surface area contributed by atoms with E-state index in [9.17, 15) is 27.9 Å². The SMILES string of the molecule is COc1ccc2cn(C[C@@]3(c4ccc(-c5ccc(C(F)(F)F)cn5)cc4)NC(=O)NC3=O)c(O)c2c1. The van der Waals surface area contributed by atoms with Crippen LogP contribution in [0.1, 0.15) is 11.1 Å². The molecule has 0 saturated carbocycles. The normalized spacial score (nSPS) is 17.8. The summed E-state index contributed by atoms with van der Waals surface area (Å²) >= 11 is 0. The summed E-state index contributed by atoms with van der Waals surface area (Å²) in [5.74, 6) is -0.171. The molecule has 2 aromatic carbocycles. The second-order valence-corrected chi connectivity index (χ2v) is 8.35. The predicted molar refractivity (Wildman–Crippen MR) is 123 cm³/mol. The number of carbonyl (C=O) groups is 2. The lowest BCUT2D eigenvalue weighted by Crippen LogP contribution is -2.47. The average Bonchev–Trinajstić information content (AvgIpc) is 3.33. The van der Waals surface area contributed by atoms with Gasteiger partial charge in [-0.1, -0.05) is 24.3 Å². The molecule has 1 aliphatic rings. The molecule has 2 aromatic heterocycles. The van der Waals surface area contributed by atoms with Crippen molar-refractivity contribution in [3.8, 4) is 22.9 Å². The molecule has 0 aliphatic carbocycles. The number of nitrogens with one attached hydrogen (secondary N) is 2. The summed E-state index contributed by atoms with van der Waals surface area (Å²) in [6, 6.07) is 13.0. The summed E-state index contributed by atoms with van der Waals surface area (Å²) < 4.78 is 45.2. The van der Waals surface area contributed by atoms with Crippen LogP contribution in [0.15, 0.2) is 67.0 Å². The first-order chi connectivity index (χ1) is 17.1. The number of halogens is 3. The largest absolute Gasteiger partial charge is 0.497 e. The average molecular weight is 496 g/mol. The van der Waals surface area contributed by atoms with E-state index < -0.39 is 29.2 Å². The number of methoxy groups -OCH3 is 1. The van der Waals surface area contributed by atoms with Gasteiger partial charge in [-0.2, -0.15) is 13.2 Å². The number of benzene rings is 2. The maximum absolute atomic E-state index is 13.0. The van der Waals surface area contributed by atoms with Crippen LogP contribution in [0.5, 0.6) is 11.6 Å². The molecule has 36 heavy (non-hydrogen) atoms. The number of hydrogen-bond donors (Lipinski definition) is 3. The number of nitrogens with zero attached hydrogens (tertiary/aromatic N) is 2. The predicted octanol–water partition coefficient (Wildman–Crippen LogP) is 4.17. The molecule has 11 heteroatoms. The number of carbonyl (C=O) groups excluding carboxylic acids is 2. The molecule has 1 aliphatic heterocycles.